The average molecular weight is 303 g/mol. The maximum atomic E-state index is 13.0. The summed E-state index contributed by atoms with van der Waals surface area (Å²) in [6.45, 7) is 4.44. The number of aliphatic hydroxyl groups excluding tert-OH is 1. The predicted molar refractivity (Wildman–Crippen MR) is 75.6 cm³/mol. The molecule has 1 rings (SSSR count). The fourth-order valence-electron chi connectivity index (χ4n) is 1.50. The van der Waals surface area contributed by atoms with Crippen LogP contribution in [-0.2, 0) is 4.79 Å². The number of halogens is 2. The summed E-state index contributed by atoms with van der Waals surface area (Å²) in [5.41, 5.74) is -0.170. The number of aliphatic hydroxyl groups is 1. The number of hydrogen-bond donors (Lipinski definition) is 2. The van der Waals surface area contributed by atoms with Gasteiger partial charge in [0.25, 0.3) is 0 Å². The predicted octanol–water partition coefficient (Wildman–Crippen LogP) is 2.58. The van der Waals surface area contributed by atoms with Crippen molar-refractivity contribution in [1.29, 1.82) is 0 Å². The van der Waals surface area contributed by atoms with Crippen LogP contribution in [0.3, 0.4) is 0 Å². The minimum absolute atomic E-state index is 0.0759. The van der Waals surface area contributed by atoms with E-state index >= 15 is 0 Å². The molecule has 1 aromatic carbocycles. The van der Waals surface area contributed by atoms with Gasteiger partial charge in [-0.2, -0.15) is 0 Å². The second-order valence-electron chi connectivity index (χ2n) is 5.28. The van der Waals surface area contributed by atoms with E-state index in [0.717, 1.165) is 23.9 Å². The molecule has 0 saturated carbocycles. The molecule has 0 unspecified atom stereocenters. The highest BCUT2D eigenvalue weighted by molar-refractivity contribution is 8.00. The fourth-order valence-corrected chi connectivity index (χ4v) is 2.25. The topological polar surface area (TPSA) is 49.3 Å². The number of benzene rings is 1. The first-order valence-electron chi connectivity index (χ1n) is 6.29. The summed E-state index contributed by atoms with van der Waals surface area (Å²) in [4.78, 5) is 12.2. The van der Waals surface area contributed by atoms with Crippen molar-refractivity contribution < 1.29 is 18.7 Å². The Bertz CT molecular complexity index is 466. The normalized spacial score (nSPS) is 11.4. The smallest absolute Gasteiger partial charge is 0.230 e. The summed E-state index contributed by atoms with van der Waals surface area (Å²) < 4.78 is 25.7. The van der Waals surface area contributed by atoms with Gasteiger partial charge in [-0.1, -0.05) is 13.8 Å². The van der Waals surface area contributed by atoms with Crippen LogP contribution >= 0.6 is 11.8 Å². The maximum Gasteiger partial charge on any atom is 0.230 e. The van der Waals surface area contributed by atoms with Gasteiger partial charge in [0.1, 0.15) is 0 Å². The van der Waals surface area contributed by atoms with Crippen LogP contribution in [0.4, 0.5) is 8.78 Å². The van der Waals surface area contributed by atoms with Gasteiger partial charge < -0.3 is 10.4 Å². The molecule has 20 heavy (non-hydrogen) atoms. The summed E-state index contributed by atoms with van der Waals surface area (Å²) in [6.07, 6.45) is 0.601. The van der Waals surface area contributed by atoms with Gasteiger partial charge >= 0.3 is 0 Å². The molecule has 0 radical (unpaired) electrons. The van der Waals surface area contributed by atoms with Gasteiger partial charge in [0.2, 0.25) is 5.91 Å². The molecule has 0 fully saturated rings. The van der Waals surface area contributed by atoms with Crippen molar-refractivity contribution in [3.63, 3.8) is 0 Å². The molecule has 1 amide bonds. The number of nitrogens with one attached hydrogen (secondary N) is 1. The van der Waals surface area contributed by atoms with Gasteiger partial charge in [-0.3, -0.25) is 4.79 Å². The van der Waals surface area contributed by atoms with E-state index in [9.17, 15) is 13.6 Å². The molecule has 112 valence electrons. The molecular formula is C14H19F2NO2S. The third-order valence-electron chi connectivity index (χ3n) is 2.81. The Morgan fingerprint density at radius 1 is 1.35 bits per heavy atom. The van der Waals surface area contributed by atoms with Crippen LogP contribution in [-0.4, -0.2) is 29.9 Å². The van der Waals surface area contributed by atoms with Crippen LogP contribution in [0.15, 0.2) is 23.1 Å². The summed E-state index contributed by atoms with van der Waals surface area (Å²) in [6, 6.07) is 3.55. The summed E-state index contributed by atoms with van der Waals surface area (Å²) >= 11 is 1.15. The van der Waals surface area contributed by atoms with E-state index in [0.29, 0.717) is 17.9 Å². The van der Waals surface area contributed by atoms with Crippen LogP contribution in [0.5, 0.6) is 0 Å². The third-order valence-corrected chi connectivity index (χ3v) is 3.81. The number of rotatable bonds is 7. The lowest BCUT2D eigenvalue weighted by atomic mass is 9.90. The van der Waals surface area contributed by atoms with E-state index in [2.05, 4.69) is 5.32 Å². The lowest BCUT2D eigenvalue weighted by molar-refractivity contribution is -0.119. The van der Waals surface area contributed by atoms with E-state index in [4.69, 9.17) is 5.11 Å². The molecule has 0 aromatic heterocycles. The SMILES string of the molecule is CC(C)(CCO)CNC(=O)CSc1ccc(F)c(F)c1. The van der Waals surface area contributed by atoms with Gasteiger partial charge in [-0.05, 0) is 30.0 Å². The first-order chi connectivity index (χ1) is 9.34. The van der Waals surface area contributed by atoms with Crippen molar-refractivity contribution in [1.82, 2.24) is 5.32 Å². The second-order valence-corrected chi connectivity index (χ2v) is 6.33. The van der Waals surface area contributed by atoms with Gasteiger partial charge in [0, 0.05) is 18.0 Å². The van der Waals surface area contributed by atoms with Gasteiger partial charge in [0.05, 0.1) is 5.75 Å². The van der Waals surface area contributed by atoms with Crippen molar-refractivity contribution in [3.8, 4) is 0 Å². The Hall–Kier alpha value is -1.14. The van der Waals surface area contributed by atoms with Crippen molar-refractivity contribution in [2.75, 3.05) is 18.9 Å². The van der Waals surface area contributed by atoms with E-state index in [1.54, 1.807) is 0 Å². The Morgan fingerprint density at radius 3 is 2.65 bits per heavy atom. The Labute approximate surface area is 121 Å². The molecule has 0 aliphatic rings. The van der Waals surface area contributed by atoms with Crippen molar-refractivity contribution in [2.45, 2.75) is 25.2 Å². The molecule has 1 aromatic rings. The largest absolute Gasteiger partial charge is 0.396 e. The first kappa shape index (κ1) is 16.9. The Balaban J connectivity index is 2.38. The molecule has 0 bridgehead atoms. The monoisotopic (exact) mass is 303 g/mol. The van der Waals surface area contributed by atoms with E-state index in [-0.39, 0.29) is 23.7 Å². The van der Waals surface area contributed by atoms with Gasteiger partial charge in [-0.15, -0.1) is 11.8 Å². The number of hydrogen-bond acceptors (Lipinski definition) is 3. The molecule has 0 aliphatic carbocycles. The van der Waals surface area contributed by atoms with Crippen LogP contribution in [0.25, 0.3) is 0 Å². The van der Waals surface area contributed by atoms with Crippen LogP contribution < -0.4 is 5.32 Å². The highest BCUT2D eigenvalue weighted by Gasteiger charge is 2.18. The van der Waals surface area contributed by atoms with Crippen molar-refractivity contribution in [2.24, 2.45) is 5.41 Å². The summed E-state index contributed by atoms with van der Waals surface area (Å²) in [5, 5.41) is 11.6. The number of amides is 1. The highest BCUT2D eigenvalue weighted by Crippen LogP contribution is 2.21. The maximum absolute atomic E-state index is 13.0. The number of carbonyl (C=O) groups excluding carboxylic acids is 1. The summed E-state index contributed by atoms with van der Waals surface area (Å²) in [7, 11) is 0. The molecule has 6 heteroatoms. The van der Waals surface area contributed by atoms with E-state index in [1.165, 1.54) is 6.07 Å². The lowest BCUT2D eigenvalue weighted by Crippen LogP contribution is -2.35. The fraction of sp³-hybridized carbons (Fsp3) is 0.500. The molecule has 0 aliphatic heterocycles. The third kappa shape index (κ3) is 5.88. The molecule has 0 spiro atoms. The lowest BCUT2D eigenvalue weighted by Gasteiger charge is -2.23. The molecule has 0 atom stereocenters. The molecule has 3 nitrogen and oxygen atoms in total. The van der Waals surface area contributed by atoms with Crippen molar-refractivity contribution >= 4 is 17.7 Å². The summed E-state index contributed by atoms with van der Waals surface area (Å²) in [5.74, 6) is -1.85. The zero-order valence-corrected chi connectivity index (χ0v) is 12.4. The molecule has 0 saturated heterocycles. The van der Waals surface area contributed by atoms with Crippen LogP contribution in [0, 0.1) is 17.0 Å². The quantitative estimate of drug-likeness (QED) is 0.761. The number of carbonyl (C=O) groups is 1. The van der Waals surface area contributed by atoms with E-state index in [1.807, 2.05) is 13.8 Å². The van der Waals surface area contributed by atoms with Gasteiger partial charge in [-0.25, -0.2) is 8.78 Å². The second kappa shape index (κ2) is 7.59. The minimum atomic E-state index is -0.917. The minimum Gasteiger partial charge on any atom is -0.396 e. The molecule has 2 N–H and O–H groups in total. The standard InChI is InChI=1S/C14H19F2NO2S/c1-14(2,5-6-18)9-17-13(19)8-20-10-3-4-11(15)12(16)7-10/h3-4,7,18H,5-6,8-9H2,1-2H3,(H,17,19). The van der Waals surface area contributed by atoms with Crippen LogP contribution in [0.2, 0.25) is 0 Å². The zero-order chi connectivity index (χ0) is 15.2. The molecule has 0 heterocycles. The Morgan fingerprint density at radius 2 is 2.05 bits per heavy atom. The zero-order valence-electron chi connectivity index (χ0n) is 11.6. The highest BCUT2D eigenvalue weighted by atomic mass is 32.2. The van der Waals surface area contributed by atoms with Crippen molar-refractivity contribution in [3.05, 3.63) is 29.8 Å². The van der Waals surface area contributed by atoms with E-state index < -0.39 is 11.6 Å². The van der Waals surface area contributed by atoms with Crippen LogP contribution in [0.1, 0.15) is 20.3 Å². The number of thioether (sulfide) groups is 1. The average Bonchev–Trinajstić information content (AvgIpc) is 2.38. The molecular weight excluding hydrogens is 284 g/mol. The Kier molecular flexibility index (Phi) is 6.42. The first-order valence-corrected chi connectivity index (χ1v) is 7.28. The van der Waals surface area contributed by atoms with Gasteiger partial charge in [0.15, 0.2) is 11.6 Å².